The first kappa shape index (κ1) is 18.4. The van der Waals surface area contributed by atoms with Crippen molar-refractivity contribution in [3.8, 4) is 0 Å². The van der Waals surface area contributed by atoms with Crippen LogP contribution < -0.4 is 5.32 Å². The number of nitrogens with zero attached hydrogens (tertiary/aromatic N) is 1. The highest BCUT2D eigenvalue weighted by Gasteiger charge is 2.44. The molecule has 1 aliphatic rings. The summed E-state index contributed by atoms with van der Waals surface area (Å²) in [5.41, 5.74) is 0.814. The van der Waals surface area contributed by atoms with E-state index in [1.165, 1.54) is 6.07 Å². The lowest BCUT2D eigenvalue weighted by atomic mass is 10.0. The van der Waals surface area contributed by atoms with Gasteiger partial charge in [0, 0.05) is 21.5 Å². The molecule has 0 unspecified atom stereocenters. The Morgan fingerprint density at radius 3 is 2.69 bits per heavy atom. The molecule has 4 rings (SSSR count). The van der Waals surface area contributed by atoms with Crippen molar-refractivity contribution < 1.29 is 4.39 Å². The summed E-state index contributed by atoms with van der Waals surface area (Å²) < 4.78 is 15.4. The van der Waals surface area contributed by atoms with Gasteiger partial charge < -0.3 is 5.32 Å². The van der Waals surface area contributed by atoms with Crippen molar-refractivity contribution in [2.24, 2.45) is 0 Å². The monoisotopic (exact) mass is 468 g/mol. The van der Waals surface area contributed by atoms with E-state index in [1.54, 1.807) is 29.2 Å². The minimum absolute atomic E-state index is 0.162. The van der Waals surface area contributed by atoms with Gasteiger partial charge in [0.2, 0.25) is 0 Å². The number of hydrogen-bond donors (Lipinski definition) is 1. The molecule has 1 N–H and O–H groups in total. The molecule has 1 fully saturated rings. The number of halogens is 3. The summed E-state index contributed by atoms with van der Waals surface area (Å²) >= 11 is 12.9. The molecule has 0 aliphatic heterocycles. The summed E-state index contributed by atoms with van der Waals surface area (Å²) in [5, 5.41) is 4.10. The Morgan fingerprint density at radius 1 is 1.23 bits per heavy atom. The van der Waals surface area contributed by atoms with Crippen molar-refractivity contribution in [1.82, 2.24) is 10.3 Å². The second kappa shape index (κ2) is 7.60. The Bertz CT molecular complexity index is 908. The van der Waals surface area contributed by atoms with E-state index < -0.39 is 0 Å². The molecule has 0 bridgehead atoms. The SMILES string of the molecule is Fc1cc(Br)cc(C2(NCc3sc(Sc4ccccc4)nc3Cl)CC2)c1. The zero-order chi connectivity index (χ0) is 18.1. The fourth-order valence-electron chi connectivity index (χ4n) is 2.83. The predicted molar refractivity (Wildman–Crippen MR) is 110 cm³/mol. The smallest absolute Gasteiger partial charge is 0.156 e. The van der Waals surface area contributed by atoms with Gasteiger partial charge >= 0.3 is 0 Å². The zero-order valence-corrected chi connectivity index (χ0v) is 17.6. The topological polar surface area (TPSA) is 24.9 Å². The van der Waals surface area contributed by atoms with E-state index in [1.807, 2.05) is 24.3 Å². The summed E-state index contributed by atoms with van der Waals surface area (Å²) in [4.78, 5) is 6.61. The third kappa shape index (κ3) is 4.15. The van der Waals surface area contributed by atoms with Gasteiger partial charge in [-0.2, -0.15) is 0 Å². The molecule has 3 aromatic rings. The quantitative estimate of drug-likeness (QED) is 0.438. The molecule has 1 heterocycles. The van der Waals surface area contributed by atoms with Crippen LogP contribution in [0.3, 0.4) is 0 Å². The summed E-state index contributed by atoms with van der Waals surface area (Å²) in [7, 11) is 0. The molecule has 0 radical (unpaired) electrons. The molecular weight excluding hydrogens is 455 g/mol. The molecule has 1 saturated carbocycles. The van der Waals surface area contributed by atoms with Crippen LogP contribution in [0.4, 0.5) is 4.39 Å². The Morgan fingerprint density at radius 2 is 2.00 bits per heavy atom. The van der Waals surface area contributed by atoms with E-state index in [9.17, 15) is 4.39 Å². The molecule has 0 spiro atoms. The van der Waals surface area contributed by atoms with E-state index in [0.29, 0.717) is 11.7 Å². The average Bonchev–Trinajstić information content (AvgIpc) is 3.32. The lowest BCUT2D eigenvalue weighted by Crippen LogP contribution is -2.28. The molecule has 26 heavy (non-hydrogen) atoms. The molecule has 0 atom stereocenters. The van der Waals surface area contributed by atoms with E-state index in [2.05, 4.69) is 38.4 Å². The van der Waals surface area contributed by atoms with Crippen LogP contribution in [0.2, 0.25) is 5.15 Å². The summed E-state index contributed by atoms with van der Waals surface area (Å²) in [6.07, 6.45) is 1.98. The fourth-order valence-corrected chi connectivity index (χ4v) is 5.67. The van der Waals surface area contributed by atoms with Gasteiger partial charge in [-0.25, -0.2) is 9.37 Å². The summed E-state index contributed by atoms with van der Waals surface area (Å²) in [6, 6.07) is 15.2. The Labute approximate surface area is 173 Å². The lowest BCUT2D eigenvalue weighted by molar-refractivity contribution is 0.516. The van der Waals surface area contributed by atoms with Crippen LogP contribution in [-0.2, 0) is 12.1 Å². The number of hydrogen-bond acceptors (Lipinski definition) is 4. The van der Waals surface area contributed by atoms with Gasteiger partial charge in [0.25, 0.3) is 0 Å². The van der Waals surface area contributed by atoms with Crippen molar-refractivity contribution in [3.63, 3.8) is 0 Å². The third-order valence-corrected chi connectivity index (χ3v) is 7.34. The van der Waals surface area contributed by atoms with Gasteiger partial charge in [0.05, 0.1) is 4.88 Å². The second-order valence-electron chi connectivity index (χ2n) is 6.20. The minimum Gasteiger partial charge on any atom is -0.302 e. The average molecular weight is 470 g/mol. The van der Waals surface area contributed by atoms with Crippen LogP contribution in [0.25, 0.3) is 0 Å². The van der Waals surface area contributed by atoms with Crippen LogP contribution in [0.5, 0.6) is 0 Å². The number of benzene rings is 2. The maximum absolute atomic E-state index is 13.7. The predicted octanol–water partition coefficient (Wildman–Crippen LogP) is 6.63. The van der Waals surface area contributed by atoms with Crippen molar-refractivity contribution in [2.45, 2.75) is 34.2 Å². The molecule has 1 aliphatic carbocycles. The van der Waals surface area contributed by atoms with Gasteiger partial charge in [0.15, 0.2) is 4.34 Å². The van der Waals surface area contributed by atoms with Crippen LogP contribution in [0.1, 0.15) is 23.3 Å². The van der Waals surface area contributed by atoms with Gasteiger partial charge in [-0.15, -0.1) is 11.3 Å². The van der Waals surface area contributed by atoms with Crippen molar-refractivity contribution in [3.05, 3.63) is 74.4 Å². The zero-order valence-electron chi connectivity index (χ0n) is 13.6. The minimum atomic E-state index is -0.222. The first-order valence-corrected chi connectivity index (χ1v) is 10.9. The van der Waals surface area contributed by atoms with Gasteiger partial charge in [-0.3, -0.25) is 0 Å². The highest BCUT2D eigenvalue weighted by Crippen LogP contribution is 2.47. The van der Waals surface area contributed by atoms with Crippen LogP contribution in [0.15, 0.2) is 62.2 Å². The first-order chi connectivity index (χ1) is 12.5. The van der Waals surface area contributed by atoms with Crippen LogP contribution in [0, 0.1) is 5.82 Å². The molecule has 134 valence electrons. The van der Waals surface area contributed by atoms with Gasteiger partial charge in [-0.1, -0.05) is 57.5 Å². The van der Waals surface area contributed by atoms with Crippen molar-refractivity contribution in [1.29, 1.82) is 0 Å². The third-order valence-electron chi connectivity index (χ3n) is 4.33. The number of thiazole rings is 1. The molecule has 0 amide bonds. The van der Waals surface area contributed by atoms with Crippen LogP contribution >= 0.6 is 50.6 Å². The first-order valence-electron chi connectivity index (χ1n) is 8.14. The van der Waals surface area contributed by atoms with Gasteiger partial charge in [-0.05, 0) is 48.7 Å². The van der Waals surface area contributed by atoms with E-state index in [-0.39, 0.29) is 11.4 Å². The number of nitrogens with one attached hydrogen (secondary N) is 1. The molecule has 7 heteroatoms. The maximum Gasteiger partial charge on any atom is 0.156 e. The van der Waals surface area contributed by atoms with Crippen molar-refractivity contribution >= 4 is 50.6 Å². The molecule has 2 nitrogen and oxygen atoms in total. The van der Waals surface area contributed by atoms with Crippen molar-refractivity contribution in [2.75, 3.05) is 0 Å². The largest absolute Gasteiger partial charge is 0.302 e. The Hall–Kier alpha value is -0.920. The normalized spacial score (nSPS) is 15.2. The molecular formula is C19H15BrClFN2S2. The summed E-state index contributed by atoms with van der Waals surface area (Å²) in [6.45, 7) is 0.625. The number of aromatic nitrogens is 1. The number of rotatable bonds is 6. The highest BCUT2D eigenvalue weighted by atomic mass is 79.9. The molecule has 2 aromatic carbocycles. The van der Waals surface area contributed by atoms with Crippen LogP contribution in [-0.4, -0.2) is 4.98 Å². The Kier molecular flexibility index (Phi) is 5.39. The summed E-state index contributed by atoms with van der Waals surface area (Å²) in [5.74, 6) is -0.222. The molecule has 1 aromatic heterocycles. The maximum atomic E-state index is 13.7. The van der Waals surface area contributed by atoms with E-state index in [4.69, 9.17) is 11.6 Å². The highest BCUT2D eigenvalue weighted by molar-refractivity contribution is 9.10. The van der Waals surface area contributed by atoms with Gasteiger partial charge in [0.1, 0.15) is 11.0 Å². The standard InChI is InChI=1S/C19H15BrClFN2S2/c20-13-8-12(9-14(22)10-13)19(6-7-19)23-11-16-17(21)24-18(26-16)25-15-4-2-1-3-5-15/h1-5,8-10,23H,6-7,11H2. The lowest BCUT2D eigenvalue weighted by Gasteiger charge is -2.18. The fraction of sp³-hybridized carbons (Fsp3) is 0.211. The molecule has 0 saturated heterocycles. The van der Waals surface area contributed by atoms with E-state index in [0.717, 1.165) is 37.0 Å². The Balaban J connectivity index is 1.46. The second-order valence-corrected chi connectivity index (χ2v) is 9.88. The van der Waals surface area contributed by atoms with E-state index >= 15 is 0 Å².